The highest BCUT2D eigenvalue weighted by atomic mass is 16.6. The average molecular weight is 378 g/mol. The summed E-state index contributed by atoms with van der Waals surface area (Å²) in [5.74, 6) is -0.950. The molecule has 2 rings (SSSR count). The number of imide groups is 1. The van der Waals surface area contributed by atoms with Gasteiger partial charge >= 0.3 is 12.0 Å². The van der Waals surface area contributed by atoms with E-state index in [1.54, 1.807) is 18.2 Å². The fourth-order valence-electron chi connectivity index (χ4n) is 3.01. The van der Waals surface area contributed by atoms with E-state index in [4.69, 9.17) is 14.2 Å². The maximum atomic E-state index is 12.5. The van der Waals surface area contributed by atoms with Crippen LogP contribution in [0.1, 0.15) is 49.4 Å². The van der Waals surface area contributed by atoms with Crippen LogP contribution in [-0.4, -0.2) is 44.3 Å². The van der Waals surface area contributed by atoms with E-state index in [1.165, 1.54) is 21.1 Å². The first-order valence-corrected chi connectivity index (χ1v) is 8.99. The number of hydrogen-bond donors (Lipinski definition) is 2. The van der Waals surface area contributed by atoms with Crippen LogP contribution in [-0.2, 0) is 9.53 Å². The summed E-state index contributed by atoms with van der Waals surface area (Å²) in [5.41, 5.74) is 0.0776. The Hall–Kier alpha value is -2.77. The summed E-state index contributed by atoms with van der Waals surface area (Å²) < 4.78 is 15.5. The lowest BCUT2D eigenvalue weighted by molar-refractivity contribution is -0.127. The van der Waals surface area contributed by atoms with E-state index < -0.39 is 24.0 Å². The molecule has 0 saturated heterocycles. The second-order valence-corrected chi connectivity index (χ2v) is 6.38. The molecule has 1 aromatic carbocycles. The molecule has 8 heteroatoms. The van der Waals surface area contributed by atoms with Crippen molar-refractivity contribution in [2.45, 2.75) is 51.2 Å². The van der Waals surface area contributed by atoms with Crippen LogP contribution >= 0.6 is 0 Å². The molecule has 1 aliphatic carbocycles. The first-order valence-electron chi connectivity index (χ1n) is 8.99. The molecule has 0 aromatic heterocycles. The van der Waals surface area contributed by atoms with Crippen molar-refractivity contribution in [2.24, 2.45) is 0 Å². The maximum absolute atomic E-state index is 12.5. The van der Waals surface area contributed by atoms with E-state index in [2.05, 4.69) is 10.6 Å². The molecule has 1 saturated carbocycles. The molecule has 0 spiro atoms. The molecule has 1 aliphatic rings. The molecule has 3 amide bonds. The summed E-state index contributed by atoms with van der Waals surface area (Å²) in [6.45, 7) is 1.39. The van der Waals surface area contributed by atoms with Crippen LogP contribution in [0.25, 0.3) is 0 Å². The van der Waals surface area contributed by atoms with Crippen molar-refractivity contribution in [3.8, 4) is 11.5 Å². The maximum Gasteiger partial charge on any atom is 0.346 e. The summed E-state index contributed by atoms with van der Waals surface area (Å²) >= 11 is 0. The number of urea groups is 1. The number of nitrogens with one attached hydrogen (secondary N) is 2. The summed E-state index contributed by atoms with van der Waals surface area (Å²) in [7, 11) is 2.83. The van der Waals surface area contributed by atoms with Gasteiger partial charge in [-0.3, -0.25) is 10.1 Å². The second kappa shape index (κ2) is 9.80. The van der Waals surface area contributed by atoms with Crippen LogP contribution in [0, 0.1) is 0 Å². The minimum Gasteiger partial charge on any atom is -0.496 e. The molecule has 1 atom stereocenters. The summed E-state index contributed by atoms with van der Waals surface area (Å²) in [6, 6.07) is 4.33. The summed E-state index contributed by atoms with van der Waals surface area (Å²) in [6.07, 6.45) is 3.93. The molecule has 0 radical (unpaired) electrons. The standard InChI is InChI=1S/C19H26N2O6/c1-12(17(22)21-19(24)20-13-8-5-4-6-9-13)27-18(23)16-14(25-2)10-7-11-15(16)26-3/h7,10-13H,4-6,8-9H2,1-3H3,(H2,20,21,22,24)/t12-/m0/s1. The molecule has 0 heterocycles. The average Bonchev–Trinajstić information content (AvgIpc) is 2.67. The number of esters is 1. The van der Waals surface area contributed by atoms with Crippen molar-refractivity contribution < 1.29 is 28.6 Å². The van der Waals surface area contributed by atoms with Gasteiger partial charge in [0.1, 0.15) is 17.1 Å². The van der Waals surface area contributed by atoms with E-state index in [-0.39, 0.29) is 23.1 Å². The zero-order valence-electron chi connectivity index (χ0n) is 15.9. The van der Waals surface area contributed by atoms with Gasteiger partial charge in [0.2, 0.25) is 0 Å². The zero-order valence-corrected chi connectivity index (χ0v) is 15.9. The Morgan fingerprint density at radius 1 is 1.04 bits per heavy atom. The largest absolute Gasteiger partial charge is 0.496 e. The lowest BCUT2D eigenvalue weighted by Gasteiger charge is -2.23. The van der Waals surface area contributed by atoms with Gasteiger partial charge in [0.15, 0.2) is 6.10 Å². The van der Waals surface area contributed by atoms with Gasteiger partial charge in [-0.2, -0.15) is 0 Å². The van der Waals surface area contributed by atoms with Gasteiger partial charge in [-0.05, 0) is 31.9 Å². The van der Waals surface area contributed by atoms with E-state index in [1.807, 2.05) is 0 Å². The van der Waals surface area contributed by atoms with Gasteiger partial charge in [0, 0.05) is 6.04 Å². The summed E-state index contributed by atoms with van der Waals surface area (Å²) in [4.78, 5) is 36.6. The monoisotopic (exact) mass is 378 g/mol. The van der Waals surface area contributed by atoms with Crippen molar-refractivity contribution >= 4 is 17.9 Å². The molecular weight excluding hydrogens is 352 g/mol. The minimum atomic E-state index is -1.16. The predicted molar refractivity (Wildman–Crippen MR) is 98.0 cm³/mol. The van der Waals surface area contributed by atoms with Crippen LogP contribution in [0.15, 0.2) is 18.2 Å². The van der Waals surface area contributed by atoms with Crippen molar-refractivity contribution in [3.63, 3.8) is 0 Å². The van der Waals surface area contributed by atoms with Crippen LogP contribution < -0.4 is 20.1 Å². The van der Waals surface area contributed by atoms with Crippen molar-refractivity contribution in [1.29, 1.82) is 0 Å². The van der Waals surface area contributed by atoms with E-state index in [9.17, 15) is 14.4 Å². The number of benzene rings is 1. The van der Waals surface area contributed by atoms with Gasteiger partial charge in [-0.15, -0.1) is 0 Å². The topological polar surface area (TPSA) is 103 Å². The smallest absolute Gasteiger partial charge is 0.346 e. The molecular formula is C19H26N2O6. The first-order chi connectivity index (χ1) is 13.0. The molecule has 0 bridgehead atoms. The van der Waals surface area contributed by atoms with E-state index in [0.717, 1.165) is 32.1 Å². The van der Waals surface area contributed by atoms with Crippen LogP contribution in [0.3, 0.4) is 0 Å². The number of hydrogen-bond acceptors (Lipinski definition) is 6. The second-order valence-electron chi connectivity index (χ2n) is 6.38. The lowest BCUT2D eigenvalue weighted by Crippen LogP contribution is -2.48. The van der Waals surface area contributed by atoms with Crippen LogP contribution in [0.2, 0.25) is 0 Å². The van der Waals surface area contributed by atoms with Gasteiger partial charge < -0.3 is 19.5 Å². The molecule has 2 N–H and O–H groups in total. The fraction of sp³-hybridized carbons (Fsp3) is 0.526. The Morgan fingerprint density at radius 2 is 1.63 bits per heavy atom. The number of carbonyl (C=O) groups is 3. The number of ether oxygens (including phenoxy) is 3. The molecule has 1 fully saturated rings. The molecule has 0 unspecified atom stereocenters. The first kappa shape index (κ1) is 20.5. The Morgan fingerprint density at radius 3 is 2.19 bits per heavy atom. The highest BCUT2D eigenvalue weighted by molar-refractivity contribution is 6.00. The fourth-order valence-corrected chi connectivity index (χ4v) is 3.01. The van der Waals surface area contributed by atoms with Crippen molar-refractivity contribution in [2.75, 3.05) is 14.2 Å². The van der Waals surface area contributed by atoms with E-state index >= 15 is 0 Å². The third kappa shape index (κ3) is 5.60. The number of carbonyl (C=O) groups excluding carboxylic acids is 3. The highest BCUT2D eigenvalue weighted by Gasteiger charge is 2.26. The van der Waals surface area contributed by atoms with Gasteiger partial charge in [-0.1, -0.05) is 25.3 Å². The third-order valence-electron chi connectivity index (χ3n) is 4.46. The minimum absolute atomic E-state index is 0.0715. The Balaban J connectivity index is 1.93. The molecule has 1 aromatic rings. The van der Waals surface area contributed by atoms with Gasteiger partial charge in [0.25, 0.3) is 5.91 Å². The van der Waals surface area contributed by atoms with Crippen molar-refractivity contribution in [1.82, 2.24) is 10.6 Å². The van der Waals surface area contributed by atoms with Gasteiger partial charge in [0.05, 0.1) is 14.2 Å². The normalized spacial score (nSPS) is 15.4. The highest BCUT2D eigenvalue weighted by Crippen LogP contribution is 2.29. The number of rotatable bonds is 6. The van der Waals surface area contributed by atoms with E-state index in [0.29, 0.717) is 0 Å². The van der Waals surface area contributed by atoms with Crippen LogP contribution in [0.5, 0.6) is 11.5 Å². The Labute approximate surface area is 158 Å². The molecule has 8 nitrogen and oxygen atoms in total. The zero-order chi connectivity index (χ0) is 19.8. The molecule has 0 aliphatic heterocycles. The number of methoxy groups -OCH3 is 2. The Kier molecular flexibility index (Phi) is 7.45. The summed E-state index contributed by atoms with van der Waals surface area (Å²) in [5, 5.41) is 4.99. The Bertz CT molecular complexity index is 663. The van der Waals surface area contributed by atoms with Crippen molar-refractivity contribution in [3.05, 3.63) is 23.8 Å². The molecule has 148 valence electrons. The lowest BCUT2D eigenvalue weighted by atomic mass is 9.96. The quantitative estimate of drug-likeness (QED) is 0.737. The molecule has 27 heavy (non-hydrogen) atoms. The third-order valence-corrected chi connectivity index (χ3v) is 4.46. The van der Waals surface area contributed by atoms with Gasteiger partial charge in [-0.25, -0.2) is 9.59 Å². The SMILES string of the molecule is COc1cccc(OC)c1C(=O)O[C@@H](C)C(=O)NC(=O)NC1CCCCC1. The van der Waals surface area contributed by atoms with Crippen LogP contribution in [0.4, 0.5) is 4.79 Å². The predicted octanol–water partition coefficient (Wildman–Crippen LogP) is 2.41. The number of amides is 3.